The van der Waals surface area contributed by atoms with Crippen LogP contribution in [0.25, 0.3) is 0 Å². The minimum absolute atomic E-state index is 0.0103. The van der Waals surface area contributed by atoms with E-state index < -0.39 is 0 Å². The van der Waals surface area contributed by atoms with Crippen LogP contribution in [0.2, 0.25) is 5.02 Å². The highest BCUT2D eigenvalue weighted by Gasteiger charge is 2.20. The molecule has 0 bridgehead atoms. The molecular formula is C12H18ClN3O2. The summed E-state index contributed by atoms with van der Waals surface area (Å²) >= 11 is 5.86. The van der Waals surface area contributed by atoms with Crippen LogP contribution in [0.1, 0.15) is 24.2 Å². The van der Waals surface area contributed by atoms with Crippen molar-refractivity contribution < 1.29 is 9.53 Å². The van der Waals surface area contributed by atoms with Crippen molar-refractivity contribution in [1.29, 1.82) is 0 Å². The fourth-order valence-electron chi connectivity index (χ4n) is 1.72. The lowest BCUT2D eigenvalue weighted by molar-refractivity contribution is 0.0579. The van der Waals surface area contributed by atoms with Crippen LogP contribution in [0.4, 0.5) is 5.82 Å². The quantitative estimate of drug-likeness (QED) is 0.887. The van der Waals surface area contributed by atoms with Crippen molar-refractivity contribution in [3.05, 3.63) is 22.8 Å². The number of nitrogen functional groups attached to an aromatic ring is 1. The maximum Gasteiger partial charge on any atom is 0.255 e. The van der Waals surface area contributed by atoms with Crippen LogP contribution in [0, 0.1) is 0 Å². The van der Waals surface area contributed by atoms with Crippen molar-refractivity contribution >= 4 is 23.3 Å². The van der Waals surface area contributed by atoms with E-state index in [0.717, 1.165) is 0 Å². The van der Waals surface area contributed by atoms with Crippen LogP contribution in [-0.4, -0.2) is 42.1 Å². The summed E-state index contributed by atoms with van der Waals surface area (Å²) in [5.74, 6) is 0.0951. The van der Waals surface area contributed by atoms with Gasteiger partial charge in [-0.25, -0.2) is 4.98 Å². The molecule has 1 amide bonds. The van der Waals surface area contributed by atoms with E-state index in [1.807, 2.05) is 13.8 Å². The van der Waals surface area contributed by atoms with Crippen molar-refractivity contribution in [2.75, 3.05) is 26.0 Å². The van der Waals surface area contributed by atoms with Crippen LogP contribution in [0.5, 0.6) is 0 Å². The summed E-state index contributed by atoms with van der Waals surface area (Å²) in [4.78, 5) is 17.9. The third-order valence-corrected chi connectivity index (χ3v) is 2.96. The molecule has 1 aromatic rings. The lowest BCUT2D eigenvalue weighted by Crippen LogP contribution is -2.41. The Morgan fingerprint density at radius 3 is 2.83 bits per heavy atom. The van der Waals surface area contributed by atoms with Gasteiger partial charge in [-0.3, -0.25) is 4.79 Å². The zero-order valence-corrected chi connectivity index (χ0v) is 11.6. The molecule has 1 rings (SSSR count). The van der Waals surface area contributed by atoms with E-state index >= 15 is 0 Å². The molecule has 6 heteroatoms. The number of carbonyl (C=O) groups excluding carboxylic acids is 1. The average molecular weight is 272 g/mol. The number of nitrogens with two attached hydrogens (primary N) is 1. The number of halogens is 1. The minimum Gasteiger partial charge on any atom is -0.383 e. The maximum atomic E-state index is 12.3. The lowest BCUT2D eigenvalue weighted by Gasteiger charge is -2.27. The predicted octanol–water partition coefficient (Wildman–Crippen LogP) is 1.81. The molecule has 1 heterocycles. The summed E-state index contributed by atoms with van der Waals surface area (Å²) in [6.07, 6.45) is 1.44. The standard InChI is InChI=1S/C12H18ClN3O2/c1-4-16(8(2)7-18-3)12(17)9-5-10(13)11(14)15-6-9/h5-6,8H,4,7H2,1-3H3,(H2,14,15). The number of hydrogen-bond donors (Lipinski definition) is 1. The van der Waals surface area contributed by atoms with Gasteiger partial charge in [-0.15, -0.1) is 0 Å². The van der Waals surface area contributed by atoms with Crippen LogP contribution < -0.4 is 5.73 Å². The van der Waals surface area contributed by atoms with Crippen molar-refractivity contribution in [3.8, 4) is 0 Å². The number of likely N-dealkylation sites (N-methyl/N-ethyl adjacent to an activating group) is 1. The van der Waals surface area contributed by atoms with Crippen molar-refractivity contribution in [2.24, 2.45) is 0 Å². The van der Waals surface area contributed by atoms with E-state index in [1.165, 1.54) is 12.3 Å². The molecule has 1 atom stereocenters. The summed E-state index contributed by atoms with van der Waals surface area (Å²) < 4.78 is 5.06. The smallest absolute Gasteiger partial charge is 0.255 e. The number of pyridine rings is 1. The van der Waals surface area contributed by atoms with Crippen LogP contribution in [-0.2, 0) is 4.74 Å². The molecule has 0 aliphatic carbocycles. The molecule has 5 nitrogen and oxygen atoms in total. The molecule has 0 spiro atoms. The number of nitrogens with zero attached hydrogens (tertiary/aromatic N) is 2. The van der Waals surface area contributed by atoms with Gasteiger partial charge in [0.05, 0.1) is 23.2 Å². The lowest BCUT2D eigenvalue weighted by atomic mass is 10.2. The monoisotopic (exact) mass is 271 g/mol. The molecule has 1 aromatic heterocycles. The number of anilines is 1. The van der Waals surface area contributed by atoms with Crippen LogP contribution >= 0.6 is 11.6 Å². The SMILES string of the molecule is CCN(C(=O)c1cnc(N)c(Cl)c1)C(C)COC. The third kappa shape index (κ3) is 3.34. The second-order valence-electron chi connectivity index (χ2n) is 3.99. The van der Waals surface area contributed by atoms with E-state index in [4.69, 9.17) is 22.1 Å². The fourth-order valence-corrected chi connectivity index (χ4v) is 1.88. The van der Waals surface area contributed by atoms with Crippen LogP contribution in [0.3, 0.4) is 0 Å². The molecule has 0 aliphatic rings. The second kappa shape index (κ2) is 6.56. The molecule has 1 unspecified atom stereocenters. The van der Waals surface area contributed by atoms with E-state index in [2.05, 4.69) is 4.98 Å². The number of hydrogen-bond acceptors (Lipinski definition) is 4. The maximum absolute atomic E-state index is 12.3. The normalized spacial score (nSPS) is 12.2. The first-order valence-electron chi connectivity index (χ1n) is 5.72. The first kappa shape index (κ1) is 14.7. The van der Waals surface area contributed by atoms with Gasteiger partial charge in [0, 0.05) is 19.9 Å². The summed E-state index contributed by atoms with van der Waals surface area (Å²) in [6, 6.07) is 1.53. The second-order valence-corrected chi connectivity index (χ2v) is 4.39. The predicted molar refractivity (Wildman–Crippen MR) is 71.7 cm³/mol. The van der Waals surface area contributed by atoms with Crippen molar-refractivity contribution in [1.82, 2.24) is 9.88 Å². The number of methoxy groups -OCH3 is 1. The van der Waals surface area contributed by atoms with Crippen molar-refractivity contribution in [2.45, 2.75) is 19.9 Å². The number of aromatic nitrogens is 1. The summed E-state index contributed by atoms with van der Waals surface area (Å²) in [7, 11) is 1.61. The van der Waals surface area contributed by atoms with Gasteiger partial charge in [-0.2, -0.15) is 0 Å². The Morgan fingerprint density at radius 1 is 1.67 bits per heavy atom. The number of amides is 1. The summed E-state index contributed by atoms with van der Waals surface area (Å²) in [5.41, 5.74) is 5.95. The Kier molecular flexibility index (Phi) is 5.37. The zero-order valence-electron chi connectivity index (χ0n) is 10.8. The van der Waals surface area contributed by atoms with Gasteiger partial charge >= 0.3 is 0 Å². The van der Waals surface area contributed by atoms with E-state index in [9.17, 15) is 4.79 Å². The Balaban J connectivity index is 2.92. The Morgan fingerprint density at radius 2 is 2.33 bits per heavy atom. The average Bonchev–Trinajstić information content (AvgIpc) is 2.33. The van der Waals surface area contributed by atoms with Gasteiger partial charge in [-0.05, 0) is 19.9 Å². The summed E-state index contributed by atoms with van der Waals surface area (Å²) in [6.45, 7) is 4.91. The molecule has 0 aliphatic heterocycles. The van der Waals surface area contributed by atoms with E-state index in [0.29, 0.717) is 18.7 Å². The van der Waals surface area contributed by atoms with Gasteiger partial charge < -0.3 is 15.4 Å². The molecule has 2 N–H and O–H groups in total. The molecule has 0 radical (unpaired) electrons. The topological polar surface area (TPSA) is 68.5 Å². The molecule has 0 fully saturated rings. The van der Waals surface area contributed by atoms with E-state index in [1.54, 1.807) is 12.0 Å². The molecule has 0 saturated heterocycles. The zero-order chi connectivity index (χ0) is 13.7. The Hall–Kier alpha value is -1.33. The molecule has 0 aromatic carbocycles. The first-order valence-corrected chi connectivity index (χ1v) is 6.10. The van der Waals surface area contributed by atoms with Gasteiger partial charge in [0.25, 0.3) is 5.91 Å². The number of rotatable bonds is 5. The van der Waals surface area contributed by atoms with Gasteiger partial charge in [0.1, 0.15) is 5.82 Å². The number of carbonyl (C=O) groups is 1. The third-order valence-electron chi connectivity index (χ3n) is 2.66. The molecule has 100 valence electrons. The number of ether oxygens (including phenoxy) is 1. The molecular weight excluding hydrogens is 254 g/mol. The highest BCUT2D eigenvalue weighted by molar-refractivity contribution is 6.33. The van der Waals surface area contributed by atoms with Gasteiger partial charge in [-0.1, -0.05) is 11.6 Å². The first-order chi connectivity index (χ1) is 8.51. The van der Waals surface area contributed by atoms with E-state index in [-0.39, 0.29) is 22.8 Å². The summed E-state index contributed by atoms with van der Waals surface area (Å²) in [5, 5.41) is 0.288. The molecule has 18 heavy (non-hydrogen) atoms. The van der Waals surface area contributed by atoms with Crippen LogP contribution in [0.15, 0.2) is 12.3 Å². The van der Waals surface area contributed by atoms with Gasteiger partial charge in [0.2, 0.25) is 0 Å². The van der Waals surface area contributed by atoms with Gasteiger partial charge in [0.15, 0.2) is 0 Å². The minimum atomic E-state index is -0.128. The highest BCUT2D eigenvalue weighted by Crippen LogP contribution is 2.18. The van der Waals surface area contributed by atoms with Crippen molar-refractivity contribution in [3.63, 3.8) is 0 Å². The fraction of sp³-hybridized carbons (Fsp3) is 0.500. The Labute approximate surface area is 112 Å². The largest absolute Gasteiger partial charge is 0.383 e. The Bertz CT molecular complexity index is 426. The molecule has 0 saturated carbocycles. The highest BCUT2D eigenvalue weighted by atomic mass is 35.5.